The lowest BCUT2D eigenvalue weighted by molar-refractivity contribution is 0.114. The summed E-state index contributed by atoms with van der Waals surface area (Å²) in [4.78, 5) is 1.46. The zero-order valence-corrected chi connectivity index (χ0v) is 11.1. The largest absolute Gasteiger partial charge is 0.247 e. The van der Waals surface area contributed by atoms with Crippen LogP contribution in [0.3, 0.4) is 0 Å². The molecule has 1 aliphatic rings. The van der Waals surface area contributed by atoms with Gasteiger partial charge < -0.3 is 0 Å². The molecular weight excluding hydrogens is 216 g/mol. The van der Waals surface area contributed by atoms with Crippen LogP contribution in [0.25, 0.3) is 0 Å². The molecule has 16 heavy (non-hydrogen) atoms. The van der Waals surface area contributed by atoms with Gasteiger partial charge in [-0.15, -0.1) is 11.3 Å². The van der Waals surface area contributed by atoms with E-state index in [0.717, 1.165) is 0 Å². The summed E-state index contributed by atoms with van der Waals surface area (Å²) in [5, 5.41) is 4.58. The maximum atomic E-state index is 3.70. The average molecular weight is 238 g/mol. The fraction of sp³-hybridized carbons (Fsp3) is 0.692. The Hall–Kier alpha value is -0.380. The minimum Gasteiger partial charge on any atom is -0.247 e. The van der Waals surface area contributed by atoms with Gasteiger partial charge in [-0.1, -0.05) is 26.3 Å². The summed E-state index contributed by atoms with van der Waals surface area (Å²) in [6.45, 7) is 6.99. The van der Waals surface area contributed by atoms with E-state index in [9.17, 15) is 0 Å². The Bertz CT molecular complexity index is 289. The summed E-state index contributed by atoms with van der Waals surface area (Å²) < 4.78 is 0. The minimum absolute atomic E-state index is 0.484. The Balaban J connectivity index is 1.97. The Labute approximate surface area is 103 Å². The molecule has 1 fully saturated rings. The van der Waals surface area contributed by atoms with Gasteiger partial charge in [0.25, 0.3) is 0 Å². The first-order valence-corrected chi connectivity index (χ1v) is 7.20. The predicted molar refractivity (Wildman–Crippen MR) is 70.5 cm³/mol. The maximum absolute atomic E-state index is 3.70. The molecule has 1 saturated heterocycles. The molecule has 1 aliphatic heterocycles. The van der Waals surface area contributed by atoms with Gasteiger partial charge in [0.15, 0.2) is 0 Å². The van der Waals surface area contributed by atoms with Crippen molar-refractivity contribution in [2.45, 2.75) is 39.2 Å². The minimum atomic E-state index is 0.484. The lowest BCUT2D eigenvalue weighted by atomic mass is 10.0. The first-order chi connectivity index (χ1) is 7.77. The monoisotopic (exact) mass is 238 g/mol. The molecule has 2 nitrogen and oxygen atoms in total. The van der Waals surface area contributed by atoms with Gasteiger partial charge in [-0.3, -0.25) is 0 Å². The molecule has 1 N–H and O–H groups in total. The van der Waals surface area contributed by atoms with Crippen molar-refractivity contribution in [2.24, 2.45) is 5.92 Å². The number of nitrogens with zero attached hydrogens (tertiary/aromatic N) is 1. The number of rotatable bonds is 4. The number of thiophene rings is 1. The first-order valence-electron chi connectivity index (χ1n) is 6.32. The summed E-state index contributed by atoms with van der Waals surface area (Å²) >= 11 is 1.86. The van der Waals surface area contributed by atoms with Gasteiger partial charge in [-0.2, -0.15) is 0 Å². The smallest absolute Gasteiger partial charge is 0.0580 e. The van der Waals surface area contributed by atoms with Crippen LogP contribution in [0.4, 0.5) is 0 Å². The number of hydrazine groups is 1. The van der Waals surface area contributed by atoms with Crippen molar-refractivity contribution >= 4 is 11.3 Å². The number of nitrogens with one attached hydrogen (secondary N) is 1. The Kier molecular flexibility index (Phi) is 4.38. The summed E-state index contributed by atoms with van der Waals surface area (Å²) in [5.74, 6) is 0.639. The van der Waals surface area contributed by atoms with Crippen LogP contribution in [0, 0.1) is 5.92 Å². The topological polar surface area (TPSA) is 15.3 Å². The van der Waals surface area contributed by atoms with E-state index in [2.05, 4.69) is 41.8 Å². The molecule has 3 heteroatoms. The van der Waals surface area contributed by atoms with Crippen molar-refractivity contribution < 1.29 is 0 Å². The second-order valence-corrected chi connectivity index (χ2v) is 5.89. The quantitative estimate of drug-likeness (QED) is 0.864. The fourth-order valence-corrected chi connectivity index (χ4v) is 3.17. The van der Waals surface area contributed by atoms with Crippen LogP contribution in [0.1, 0.15) is 44.0 Å². The van der Waals surface area contributed by atoms with E-state index in [-0.39, 0.29) is 0 Å². The molecule has 1 unspecified atom stereocenters. The van der Waals surface area contributed by atoms with Crippen molar-refractivity contribution in [3.05, 3.63) is 22.4 Å². The second kappa shape index (κ2) is 5.80. The van der Waals surface area contributed by atoms with Crippen LogP contribution in [0.2, 0.25) is 0 Å². The van der Waals surface area contributed by atoms with E-state index < -0.39 is 0 Å². The highest BCUT2D eigenvalue weighted by atomic mass is 32.1. The van der Waals surface area contributed by atoms with Crippen LogP contribution >= 0.6 is 11.3 Å². The van der Waals surface area contributed by atoms with E-state index in [1.807, 2.05) is 11.3 Å². The summed E-state index contributed by atoms with van der Waals surface area (Å²) in [7, 11) is 0. The van der Waals surface area contributed by atoms with Crippen LogP contribution < -0.4 is 5.43 Å². The van der Waals surface area contributed by atoms with Crippen molar-refractivity contribution in [3.63, 3.8) is 0 Å². The maximum Gasteiger partial charge on any atom is 0.0580 e. The highest BCUT2D eigenvalue weighted by Crippen LogP contribution is 2.26. The van der Waals surface area contributed by atoms with E-state index in [4.69, 9.17) is 0 Å². The standard InChI is InChI=1S/C13H22N2S/c1-11(2)13(12-7-6-10-16-12)14-15-8-4-3-5-9-15/h6-7,10-11,13-14H,3-5,8-9H2,1-2H3. The van der Waals surface area contributed by atoms with Gasteiger partial charge in [0.1, 0.15) is 0 Å². The number of hydrogen-bond donors (Lipinski definition) is 1. The van der Waals surface area contributed by atoms with Gasteiger partial charge in [0.2, 0.25) is 0 Å². The molecule has 0 spiro atoms. The van der Waals surface area contributed by atoms with Gasteiger partial charge in [0, 0.05) is 18.0 Å². The van der Waals surface area contributed by atoms with E-state index in [1.54, 1.807) is 0 Å². The molecule has 1 aromatic heterocycles. The normalized spacial score (nSPS) is 20.2. The molecule has 0 aromatic carbocycles. The SMILES string of the molecule is CC(C)C(NN1CCCCC1)c1cccs1. The fourth-order valence-electron chi connectivity index (χ4n) is 2.23. The Morgan fingerprint density at radius 1 is 1.25 bits per heavy atom. The predicted octanol–water partition coefficient (Wildman–Crippen LogP) is 3.44. The number of piperidine rings is 1. The third-order valence-corrected chi connectivity index (χ3v) is 4.15. The Morgan fingerprint density at radius 3 is 2.56 bits per heavy atom. The molecule has 0 bridgehead atoms. The summed E-state index contributed by atoms with van der Waals surface area (Å²) in [6.07, 6.45) is 4.06. The van der Waals surface area contributed by atoms with Crippen LogP contribution in [0.15, 0.2) is 17.5 Å². The molecule has 2 rings (SSSR count). The molecule has 1 aromatic rings. The van der Waals surface area contributed by atoms with Gasteiger partial charge in [-0.25, -0.2) is 10.4 Å². The molecule has 0 radical (unpaired) electrons. The molecule has 2 heterocycles. The third kappa shape index (κ3) is 3.06. The van der Waals surface area contributed by atoms with Crippen molar-refractivity contribution in [1.29, 1.82) is 0 Å². The zero-order chi connectivity index (χ0) is 11.4. The van der Waals surface area contributed by atoms with Gasteiger partial charge in [0.05, 0.1) is 6.04 Å². The first kappa shape index (κ1) is 12.1. The third-order valence-electron chi connectivity index (χ3n) is 3.19. The van der Waals surface area contributed by atoms with Crippen LogP contribution in [-0.2, 0) is 0 Å². The number of hydrogen-bond acceptors (Lipinski definition) is 3. The highest BCUT2D eigenvalue weighted by Gasteiger charge is 2.20. The average Bonchev–Trinajstić information content (AvgIpc) is 2.80. The summed E-state index contributed by atoms with van der Waals surface area (Å²) in [6, 6.07) is 4.87. The Morgan fingerprint density at radius 2 is 2.00 bits per heavy atom. The zero-order valence-electron chi connectivity index (χ0n) is 10.3. The lowest BCUT2D eigenvalue weighted by Gasteiger charge is -2.33. The lowest BCUT2D eigenvalue weighted by Crippen LogP contribution is -2.44. The van der Waals surface area contributed by atoms with Crippen LogP contribution in [0.5, 0.6) is 0 Å². The molecular formula is C13H22N2S. The van der Waals surface area contributed by atoms with E-state index >= 15 is 0 Å². The van der Waals surface area contributed by atoms with Crippen molar-refractivity contribution in [3.8, 4) is 0 Å². The van der Waals surface area contributed by atoms with E-state index in [0.29, 0.717) is 12.0 Å². The second-order valence-electron chi connectivity index (χ2n) is 4.91. The van der Waals surface area contributed by atoms with Crippen LogP contribution in [-0.4, -0.2) is 18.1 Å². The molecule has 90 valence electrons. The molecule has 0 aliphatic carbocycles. The summed E-state index contributed by atoms with van der Waals surface area (Å²) in [5.41, 5.74) is 3.70. The van der Waals surface area contributed by atoms with Crippen molar-refractivity contribution in [2.75, 3.05) is 13.1 Å². The van der Waals surface area contributed by atoms with Gasteiger partial charge in [-0.05, 0) is 30.2 Å². The van der Waals surface area contributed by atoms with E-state index in [1.165, 1.54) is 37.2 Å². The van der Waals surface area contributed by atoms with Crippen molar-refractivity contribution in [1.82, 2.24) is 10.4 Å². The highest BCUT2D eigenvalue weighted by molar-refractivity contribution is 7.10. The molecule has 1 atom stereocenters. The van der Waals surface area contributed by atoms with Gasteiger partial charge >= 0.3 is 0 Å². The molecule has 0 saturated carbocycles. The molecule has 0 amide bonds.